The van der Waals surface area contributed by atoms with Crippen molar-refractivity contribution in [3.8, 4) is 28.6 Å². The Hall–Kier alpha value is -3.43. The van der Waals surface area contributed by atoms with Crippen molar-refractivity contribution >= 4 is 5.91 Å². The Balaban J connectivity index is 1.76. The third kappa shape index (κ3) is 6.00. The van der Waals surface area contributed by atoms with Crippen LogP contribution < -0.4 is 5.32 Å². The highest BCUT2D eigenvalue weighted by atomic mass is 16.3. The molecule has 0 radical (unpaired) electrons. The number of amides is 1. The molecule has 1 fully saturated rings. The predicted molar refractivity (Wildman–Crippen MR) is 149 cm³/mol. The van der Waals surface area contributed by atoms with Gasteiger partial charge < -0.3 is 20.4 Å². The average Bonchev–Trinajstić information content (AvgIpc) is 3.34. The number of hydrogen-bond donors (Lipinski definition) is 3. The lowest BCUT2D eigenvalue weighted by molar-refractivity contribution is 0.0904. The Morgan fingerprint density at radius 1 is 1.05 bits per heavy atom. The van der Waals surface area contributed by atoms with Gasteiger partial charge >= 0.3 is 0 Å². The Morgan fingerprint density at radius 2 is 1.71 bits per heavy atom. The monoisotopic (exact) mass is 520 g/mol. The van der Waals surface area contributed by atoms with Crippen LogP contribution in [0, 0.1) is 0 Å². The standard InChI is InChI=1S/C29H40N6O3/c1-6-34(7-2)18-20-8-10-22(11-9-20)35-27(24-16-23(19(3)4)25(36)17-26(24)37)31-32-28(35)29(38)30-21-12-14-33(5)15-13-21/h8-11,16-17,19,21,36-37H,6-7,12-15,18H2,1-5H3,(H,30,38). The van der Waals surface area contributed by atoms with Crippen LogP contribution in [0.1, 0.15) is 68.2 Å². The summed E-state index contributed by atoms with van der Waals surface area (Å²) in [5, 5.41) is 33.0. The molecule has 2 aromatic carbocycles. The molecule has 0 unspecified atom stereocenters. The molecule has 3 aromatic rings. The highest BCUT2D eigenvalue weighted by molar-refractivity contribution is 5.92. The van der Waals surface area contributed by atoms with Crippen LogP contribution >= 0.6 is 0 Å². The highest BCUT2D eigenvalue weighted by Gasteiger charge is 2.27. The van der Waals surface area contributed by atoms with Crippen molar-refractivity contribution in [2.75, 3.05) is 33.2 Å². The van der Waals surface area contributed by atoms with Crippen molar-refractivity contribution in [3.63, 3.8) is 0 Å². The van der Waals surface area contributed by atoms with E-state index in [9.17, 15) is 15.0 Å². The molecule has 1 aliphatic rings. The fourth-order valence-electron chi connectivity index (χ4n) is 4.94. The van der Waals surface area contributed by atoms with Crippen LogP contribution in [0.5, 0.6) is 11.5 Å². The molecule has 1 saturated heterocycles. The molecule has 1 aromatic heterocycles. The van der Waals surface area contributed by atoms with Gasteiger partial charge in [-0.15, -0.1) is 10.2 Å². The molecule has 9 heteroatoms. The fraction of sp³-hybridized carbons (Fsp3) is 0.483. The maximum Gasteiger partial charge on any atom is 0.289 e. The summed E-state index contributed by atoms with van der Waals surface area (Å²) < 4.78 is 1.70. The minimum atomic E-state index is -0.298. The fourth-order valence-corrected chi connectivity index (χ4v) is 4.94. The lowest BCUT2D eigenvalue weighted by Crippen LogP contribution is -2.44. The molecule has 1 aliphatic heterocycles. The summed E-state index contributed by atoms with van der Waals surface area (Å²) in [7, 11) is 2.08. The molecule has 2 heterocycles. The van der Waals surface area contributed by atoms with Crippen LogP contribution in [-0.2, 0) is 6.54 Å². The maximum atomic E-state index is 13.5. The van der Waals surface area contributed by atoms with Crippen LogP contribution in [0.2, 0.25) is 0 Å². The quantitative estimate of drug-likeness (QED) is 0.389. The largest absolute Gasteiger partial charge is 0.508 e. The number of aromatic hydroxyl groups is 2. The topological polar surface area (TPSA) is 107 Å². The van der Waals surface area contributed by atoms with E-state index in [2.05, 4.69) is 46.2 Å². The first-order chi connectivity index (χ1) is 18.2. The molecule has 3 N–H and O–H groups in total. The number of carbonyl (C=O) groups is 1. The first-order valence-corrected chi connectivity index (χ1v) is 13.5. The van der Waals surface area contributed by atoms with Gasteiger partial charge in [0.1, 0.15) is 11.5 Å². The lowest BCUT2D eigenvalue weighted by atomic mass is 9.98. The highest BCUT2D eigenvalue weighted by Crippen LogP contribution is 2.38. The van der Waals surface area contributed by atoms with E-state index in [1.54, 1.807) is 10.6 Å². The molecule has 0 saturated carbocycles. The van der Waals surface area contributed by atoms with Crippen LogP contribution in [0.4, 0.5) is 0 Å². The van der Waals surface area contributed by atoms with Gasteiger partial charge in [0.2, 0.25) is 5.82 Å². The summed E-state index contributed by atoms with van der Waals surface area (Å²) in [6.07, 6.45) is 1.75. The maximum absolute atomic E-state index is 13.5. The van der Waals surface area contributed by atoms with Gasteiger partial charge in [0.15, 0.2) is 5.82 Å². The molecule has 0 aliphatic carbocycles. The van der Waals surface area contributed by atoms with Gasteiger partial charge in [-0.1, -0.05) is 39.8 Å². The first kappa shape index (κ1) is 27.6. The number of phenolic OH excluding ortho intramolecular Hbond substituents is 2. The lowest BCUT2D eigenvalue weighted by Gasteiger charge is -2.29. The molecule has 0 atom stereocenters. The van der Waals surface area contributed by atoms with Gasteiger partial charge in [-0.2, -0.15) is 0 Å². The summed E-state index contributed by atoms with van der Waals surface area (Å²) >= 11 is 0. The summed E-state index contributed by atoms with van der Waals surface area (Å²) in [5.41, 5.74) is 2.98. The number of hydrogen-bond acceptors (Lipinski definition) is 7. The SMILES string of the molecule is CCN(CC)Cc1ccc(-n2c(C(=O)NC3CCN(C)CC3)nnc2-c2cc(C(C)C)c(O)cc2O)cc1. The van der Waals surface area contributed by atoms with E-state index in [1.807, 2.05) is 38.1 Å². The predicted octanol–water partition coefficient (Wildman–Crippen LogP) is 4.13. The van der Waals surface area contributed by atoms with E-state index in [0.29, 0.717) is 17.0 Å². The average molecular weight is 521 g/mol. The second-order valence-corrected chi connectivity index (χ2v) is 10.4. The van der Waals surface area contributed by atoms with E-state index in [1.165, 1.54) is 11.6 Å². The molecule has 4 rings (SSSR count). The second-order valence-electron chi connectivity index (χ2n) is 10.4. The zero-order chi connectivity index (χ0) is 27.4. The van der Waals surface area contributed by atoms with Gasteiger partial charge in [-0.05, 0) is 81.3 Å². The van der Waals surface area contributed by atoms with Gasteiger partial charge in [-0.3, -0.25) is 14.3 Å². The van der Waals surface area contributed by atoms with E-state index in [4.69, 9.17) is 0 Å². The number of benzene rings is 2. The molecule has 1 amide bonds. The number of rotatable bonds is 9. The van der Waals surface area contributed by atoms with Gasteiger partial charge in [0, 0.05) is 24.3 Å². The number of phenols is 2. The number of nitrogens with one attached hydrogen (secondary N) is 1. The van der Waals surface area contributed by atoms with E-state index < -0.39 is 0 Å². The van der Waals surface area contributed by atoms with E-state index in [0.717, 1.165) is 51.3 Å². The van der Waals surface area contributed by atoms with Crippen LogP contribution in [0.15, 0.2) is 36.4 Å². The minimum absolute atomic E-state index is 0.0216. The molecule has 0 spiro atoms. The van der Waals surface area contributed by atoms with Gasteiger partial charge in [0.25, 0.3) is 5.91 Å². The normalized spacial score (nSPS) is 14.9. The number of aromatic nitrogens is 3. The third-order valence-corrected chi connectivity index (χ3v) is 7.42. The Morgan fingerprint density at radius 3 is 2.32 bits per heavy atom. The van der Waals surface area contributed by atoms with Crippen LogP contribution in [-0.4, -0.2) is 80.0 Å². The molecule has 204 valence electrons. The second kappa shape index (κ2) is 12.0. The number of carbonyl (C=O) groups excluding carboxylic acids is 1. The molecule has 38 heavy (non-hydrogen) atoms. The van der Waals surface area contributed by atoms with Crippen LogP contribution in [0.3, 0.4) is 0 Å². The summed E-state index contributed by atoms with van der Waals surface area (Å²) in [6, 6.07) is 11.1. The third-order valence-electron chi connectivity index (χ3n) is 7.42. The zero-order valence-corrected chi connectivity index (χ0v) is 23.1. The van der Waals surface area contributed by atoms with Crippen LogP contribution in [0.25, 0.3) is 17.1 Å². The Bertz CT molecular complexity index is 1240. The molecule has 9 nitrogen and oxygen atoms in total. The molecular weight excluding hydrogens is 480 g/mol. The van der Waals surface area contributed by atoms with Crippen molar-refractivity contribution in [1.82, 2.24) is 29.9 Å². The van der Waals surface area contributed by atoms with Crippen molar-refractivity contribution in [2.24, 2.45) is 0 Å². The minimum Gasteiger partial charge on any atom is -0.508 e. The van der Waals surface area contributed by atoms with E-state index >= 15 is 0 Å². The van der Waals surface area contributed by atoms with E-state index in [-0.39, 0.29) is 35.2 Å². The van der Waals surface area contributed by atoms with Crippen molar-refractivity contribution in [1.29, 1.82) is 0 Å². The summed E-state index contributed by atoms with van der Waals surface area (Å²) in [4.78, 5) is 18.1. The van der Waals surface area contributed by atoms with Crippen molar-refractivity contribution in [3.05, 3.63) is 53.3 Å². The number of nitrogens with zero attached hydrogens (tertiary/aromatic N) is 5. The van der Waals surface area contributed by atoms with Gasteiger partial charge in [-0.25, -0.2) is 0 Å². The number of piperidine rings is 1. The van der Waals surface area contributed by atoms with Crippen molar-refractivity contribution < 1.29 is 15.0 Å². The molecular formula is C29H40N6O3. The van der Waals surface area contributed by atoms with Crippen molar-refractivity contribution in [2.45, 2.75) is 59.0 Å². The molecule has 0 bridgehead atoms. The number of likely N-dealkylation sites (tertiary alicyclic amines) is 1. The Kier molecular flexibility index (Phi) is 8.69. The summed E-state index contributed by atoms with van der Waals surface area (Å²) in [5.74, 6) is 0.128. The summed E-state index contributed by atoms with van der Waals surface area (Å²) in [6.45, 7) is 12.8. The van der Waals surface area contributed by atoms with Gasteiger partial charge in [0.05, 0.1) is 5.56 Å². The zero-order valence-electron chi connectivity index (χ0n) is 23.1. The first-order valence-electron chi connectivity index (χ1n) is 13.5. The smallest absolute Gasteiger partial charge is 0.289 e. The Labute approximate surface area is 225 Å².